The Morgan fingerprint density at radius 2 is 1.91 bits per heavy atom. The van der Waals surface area contributed by atoms with Gasteiger partial charge in [0, 0.05) is 20.6 Å². The van der Waals surface area contributed by atoms with Crippen LogP contribution in [0.25, 0.3) is 6.08 Å². The predicted octanol–water partition coefficient (Wildman–Crippen LogP) is 5.77. The molecule has 1 amide bonds. The van der Waals surface area contributed by atoms with Gasteiger partial charge in [0.2, 0.25) is 5.91 Å². The summed E-state index contributed by atoms with van der Waals surface area (Å²) < 4.78 is 21.2. The maximum atomic E-state index is 13.7. The predicted molar refractivity (Wildman–Crippen MR) is 100 cm³/mol. The van der Waals surface area contributed by atoms with Gasteiger partial charge in [0.1, 0.15) is 11.6 Å². The van der Waals surface area contributed by atoms with Crippen molar-refractivity contribution in [3.63, 3.8) is 0 Å². The lowest BCUT2D eigenvalue weighted by Crippen LogP contribution is -2.09. The molecule has 0 radical (unpaired) electrons. The molecule has 7 heteroatoms. The maximum absolute atomic E-state index is 13.7. The van der Waals surface area contributed by atoms with Gasteiger partial charge < -0.3 is 10.1 Å². The summed E-state index contributed by atoms with van der Waals surface area (Å²) in [6.07, 6.45) is 2.92. The number of hydrogen-bond acceptors (Lipinski definition) is 2. The molecule has 0 bridgehead atoms. The summed E-state index contributed by atoms with van der Waals surface area (Å²) in [7, 11) is 1.54. The Labute approximate surface area is 158 Å². The molecule has 0 aliphatic rings. The first-order chi connectivity index (χ1) is 10.9. The molecule has 0 saturated heterocycles. The molecule has 0 saturated carbocycles. The summed E-state index contributed by atoms with van der Waals surface area (Å²) in [6, 6.07) is 8.08. The summed E-state index contributed by atoms with van der Waals surface area (Å²) in [6.45, 7) is 0. The van der Waals surface area contributed by atoms with E-state index in [1.165, 1.54) is 18.2 Å². The molecule has 0 fully saturated rings. The van der Waals surface area contributed by atoms with Gasteiger partial charge in [-0.25, -0.2) is 4.39 Å². The minimum atomic E-state index is -0.510. The number of amides is 1. The van der Waals surface area contributed by atoms with Crippen LogP contribution in [0.2, 0.25) is 0 Å². The molecule has 2 rings (SSSR count). The molecular formula is C16H11Br3FNO2. The third-order valence-electron chi connectivity index (χ3n) is 2.84. The van der Waals surface area contributed by atoms with Crippen LogP contribution < -0.4 is 10.1 Å². The van der Waals surface area contributed by atoms with Gasteiger partial charge in [-0.05, 0) is 52.3 Å². The Hall–Kier alpha value is -1.18. The van der Waals surface area contributed by atoms with Crippen LogP contribution in [-0.4, -0.2) is 13.0 Å². The highest BCUT2D eigenvalue weighted by molar-refractivity contribution is 9.11. The van der Waals surface area contributed by atoms with Crippen molar-refractivity contribution in [1.29, 1.82) is 0 Å². The summed E-state index contributed by atoms with van der Waals surface area (Å²) in [4.78, 5) is 12.0. The van der Waals surface area contributed by atoms with Crippen LogP contribution in [0, 0.1) is 5.82 Å². The van der Waals surface area contributed by atoms with E-state index in [1.54, 1.807) is 19.3 Å². The lowest BCUT2D eigenvalue weighted by molar-refractivity contribution is -0.111. The van der Waals surface area contributed by atoms with Crippen LogP contribution in [0.5, 0.6) is 5.75 Å². The number of carbonyl (C=O) groups excluding carboxylic acids is 1. The van der Waals surface area contributed by atoms with Gasteiger partial charge in [-0.1, -0.05) is 31.9 Å². The van der Waals surface area contributed by atoms with Crippen LogP contribution in [0.1, 0.15) is 5.56 Å². The standard InChI is InChI=1S/C16H11Br3FNO2/c1-23-16-9(6-11(18)7-12(16)19)2-5-15(22)21-14-4-3-10(17)8-13(14)20/h2-8H,1H3,(H,21,22)/b5-2+. The van der Waals surface area contributed by atoms with E-state index >= 15 is 0 Å². The Morgan fingerprint density at radius 1 is 1.17 bits per heavy atom. The number of anilines is 1. The number of nitrogens with one attached hydrogen (secondary N) is 1. The van der Waals surface area contributed by atoms with Crippen LogP contribution in [0.3, 0.4) is 0 Å². The average molecular weight is 508 g/mol. The van der Waals surface area contributed by atoms with Gasteiger partial charge in [0.05, 0.1) is 17.3 Å². The van der Waals surface area contributed by atoms with E-state index < -0.39 is 11.7 Å². The van der Waals surface area contributed by atoms with E-state index in [4.69, 9.17) is 4.74 Å². The van der Waals surface area contributed by atoms with Gasteiger partial charge in [-0.15, -0.1) is 0 Å². The molecule has 0 aromatic heterocycles. The highest BCUT2D eigenvalue weighted by atomic mass is 79.9. The number of carbonyl (C=O) groups is 1. The van der Waals surface area contributed by atoms with Crippen LogP contribution in [-0.2, 0) is 4.79 Å². The van der Waals surface area contributed by atoms with Gasteiger partial charge in [0.25, 0.3) is 0 Å². The van der Waals surface area contributed by atoms with Gasteiger partial charge in [-0.2, -0.15) is 0 Å². The fourth-order valence-electron chi connectivity index (χ4n) is 1.85. The monoisotopic (exact) mass is 505 g/mol. The average Bonchev–Trinajstić information content (AvgIpc) is 2.47. The first-order valence-electron chi connectivity index (χ1n) is 6.38. The van der Waals surface area contributed by atoms with Gasteiger partial charge in [0.15, 0.2) is 0 Å². The molecule has 0 spiro atoms. The molecule has 23 heavy (non-hydrogen) atoms. The second kappa shape index (κ2) is 8.08. The number of halogens is 4. The minimum Gasteiger partial charge on any atom is -0.495 e. The minimum absolute atomic E-state index is 0.116. The van der Waals surface area contributed by atoms with E-state index in [1.807, 2.05) is 12.1 Å². The molecule has 0 unspecified atom stereocenters. The highest BCUT2D eigenvalue weighted by Gasteiger charge is 2.08. The van der Waals surface area contributed by atoms with E-state index in [2.05, 4.69) is 53.1 Å². The van der Waals surface area contributed by atoms with Crippen LogP contribution >= 0.6 is 47.8 Å². The second-order valence-electron chi connectivity index (χ2n) is 4.46. The molecule has 120 valence electrons. The van der Waals surface area contributed by atoms with Crippen molar-refractivity contribution in [3.8, 4) is 5.75 Å². The first-order valence-corrected chi connectivity index (χ1v) is 8.75. The number of hydrogen-bond donors (Lipinski definition) is 1. The second-order valence-corrected chi connectivity index (χ2v) is 7.14. The van der Waals surface area contributed by atoms with Crippen molar-refractivity contribution in [1.82, 2.24) is 0 Å². The molecule has 0 aliphatic heterocycles. The Bertz CT molecular complexity index is 778. The number of rotatable bonds is 4. The smallest absolute Gasteiger partial charge is 0.248 e. The van der Waals surface area contributed by atoms with Crippen molar-refractivity contribution in [2.45, 2.75) is 0 Å². The molecule has 3 nitrogen and oxygen atoms in total. The topological polar surface area (TPSA) is 38.3 Å². The maximum Gasteiger partial charge on any atom is 0.248 e. The quantitative estimate of drug-likeness (QED) is 0.533. The zero-order valence-electron chi connectivity index (χ0n) is 11.9. The Balaban J connectivity index is 2.18. The van der Waals surface area contributed by atoms with Gasteiger partial charge >= 0.3 is 0 Å². The Kier molecular flexibility index (Phi) is 6.38. The Morgan fingerprint density at radius 3 is 2.57 bits per heavy atom. The van der Waals surface area contributed by atoms with E-state index in [0.29, 0.717) is 15.8 Å². The molecule has 2 aromatic rings. The summed E-state index contributed by atoms with van der Waals surface area (Å²) in [5.41, 5.74) is 0.824. The molecule has 0 heterocycles. The van der Waals surface area contributed by atoms with Crippen molar-refractivity contribution >= 4 is 65.5 Å². The molecule has 2 aromatic carbocycles. The van der Waals surface area contributed by atoms with Crippen molar-refractivity contribution in [2.24, 2.45) is 0 Å². The fourth-order valence-corrected chi connectivity index (χ4v) is 3.60. The zero-order valence-corrected chi connectivity index (χ0v) is 16.6. The first kappa shape index (κ1) is 18.2. The number of methoxy groups -OCH3 is 1. The summed E-state index contributed by atoms with van der Waals surface area (Å²) in [5.74, 6) is -0.347. The molecular weight excluding hydrogens is 497 g/mol. The van der Waals surface area contributed by atoms with Crippen LogP contribution in [0.4, 0.5) is 10.1 Å². The fraction of sp³-hybridized carbons (Fsp3) is 0.0625. The largest absolute Gasteiger partial charge is 0.495 e. The normalized spacial score (nSPS) is 10.8. The van der Waals surface area contributed by atoms with Crippen molar-refractivity contribution < 1.29 is 13.9 Å². The van der Waals surface area contributed by atoms with E-state index in [0.717, 1.165) is 8.95 Å². The highest BCUT2D eigenvalue weighted by Crippen LogP contribution is 2.33. The lowest BCUT2D eigenvalue weighted by Gasteiger charge is -2.08. The molecule has 1 N–H and O–H groups in total. The van der Waals surface area contributed by atoms with Crippen molar-refractivity contribution in [3.05, 3.63) is 61.2 Å². The lowest BCUT2D eigenvalue weighted by atomic mass is 10.2. The molecule has 0 aliphatic carbocycles. The van der Waals surface area contributed by atoms with Crippen LogP contribution in [0.15, 0.2) is 49.8 Å². The molecule has 0 atom stereocenters. The summed E-state index contributed by atoms with van der Waals surface area (Å²) >= 11 is 9.93. The summed E-state index contributed by atoms with van der Waals surface area (Å²) in [5, 5.41) is 2.49. The van der Waals surface area contributed by atoms with E-state index in [9.17, 15) is 9.18 Å². The number of benzene rings is 2. The number of ether oxygens (including phenoxy) is 1. The zero-order chi connectivity index (χ0) is 17.0. The third kappa shape index (κ3) is 4.89. The van der Waals surface area contributed by atoms with E-state index in [-0.39, 0.29) is 5.69 Å². The van der Waals surface area contributed by atoms with Crippen molar-refractivity contribution in [2.75, 3.05) is 12.4 Å². The third-order valence-corrected chi connectivity index (χ3v) is 4.38. The SMILES string of the molecule is COc1c(Br)cc(Br)cc1/C=C/C(=O)Nc1ccc(Br)cc1F. The van der Waals surface area contributed by atoms with Gasteiger partial charge in [-0.3, -0.25) is 4.79 Å².